The Morgan fingerprint density at radius 3 is 1.89 bits per heavy atom. The molecule has 0 bridgehead atoms. The average Bonchev–Trinajstić information content (AvgIpc) is 2.65. The normalized spacial score (nSPS) is 12.0. The molecule has 0 unspecified atom stereocenters. The predicted molar refractivity (Wildman–Crippen MR) is 110 cm³/mol. The molecule has 0 aliphatic carbocycles. The maximum Gasteiger partial charge on any atom is 0.253 e. The zero-order valence-corrected chi connectivity index (χ0v) is 17.4. The van der Waals surface area contributed by atoms with E-state index in [0.29, 0.717) is 12.1 Å². The van der Waals surface area contributed by atoms with Crippen LogP contribution in [0.2, 0.25) is 0 Å². The van der Waals surface area contributed by atoms with Gasteiger partial charge in [0.05, 0.1) is 0 Å². The second kappa shape index (κ2) is 8.23. The van der Waals surface area contributed by atoms with Crippen molar-refractivity contribution in [1.29, 1.82) is 0 Å². The Labute approximate surface area is 162 Å². The zero-order chi connectivity index (χ0) is 20.2. The number of rotatable bonds is 7. The molecule has 0 spiro atoms. The first-order valence-corrected chi connectivity index (χ1v) is 10.5. The van der Waals surface area contributed by atoms with Crippen LogP contribution in [0, 0.1) is 0 Å². The van der Waals surface area contributed by atoms with Gasteiger partial charge < -0.3 is 4.90 Å². The molecule has 0 fully saturated rings. The highest BCUT2D eigenvalue weighted by molar-refractivity contribution is 7.90. The van der Waals surface area contributed by atoms with Crippen LogP contribution in [-0.2, 0) is 14.8 Å². The summed E-state index contributed by atoms with van der Waals surface area (Å²) < 4.78 is 26.8. The fourth-order valence-electron chi connectivity index (χ4n) is 2.70. The maximum atomic E-state index is 12.6. The smallest absolute Gasteiger partial charge is 0.253 e. The van der Waals surface area contributed by atoms with E-state index in [1.54, 1.807) is 45.0 Å². The lowest BCUT2D eigenvalue weighted by Crippen LogP contribution is -2.39. The molecule has 0 saturated carbocycles. The molecule has 1 amide bonds. The number of hydrogen-bond donors (Lipinski definition) is 1. The summed E-state index contributed by atoms with van der Waals surface area (Å²) in [7, 11) is -0.0232. The second-order valence-corrected chi connectivity index (χ2v) is 9.58. The minimum atomic E-state index is -3.47. The lowest BCUT2D eigenvalue weighted by Gasteiger charge is -2.26. The van der Waals surface area contributed by atoms with Crippen LogP contribution in [0.3, 0.4) is 0 Å². The van der Waals surface area contributed by atoms with E-state index in [0.717, 1.165) is 23.1 Å². The summed E-state index contributed by atoms with van der Waals surface area (Å²) in [6.45, 7) is 5.78. The number of amides is 1. The fraction of sp³-hybridized carbons (Fsp3) is 0.381. The molecule has 2 aromatic rings. The minimum absolute atomic E-state index is 0.0385. The van der Waals surface area contributed by atoms with Crippen LogP contribution in [-0.4, -0.2) is 39.9 Å². The second-order valence-electron chi connectivity index (χ2n) is 7.26. The van der Waals surface area contributed by atoms with Crippen molar-refractivity contribution >= 4 is 15.9 Å². The third kappa shape index (κ3) is 4.57. The van der Waals surface area contributed by atoms with Gasteiger partial charge >= 0.3 is 0 Å². The van der Waals surface area contributed by atoms with E-state index in [1.807, 2.05) is 43.3 Å². The minimum Gasteiger partial charge on any atom is -0.345 e. The largest absolute Gasteiger partial charge is 0.345 e. The number of hydrogen-bond acceptors (Lipinski definition) is 3. The quantitative estimate of drug-likeness (QED) is 0.788. The summed E-state index contributed by atoms with van der Waals surface area (Å²) in [4.78, 5) is 13.5. The van der Waals surface area contributed by atoms with Crippen LogP contribution in [0.4, 0.5) is 0 Å². The van der Waals surface area contributed by atoms with Crippen molar-refractivity contribution in [1.82, 2.24) is 9.62 Å². The van der Waals surface area contributed by atoms with Crippen molar-refractivity contribution in [3.63, 3.8) is 0 Å². The van der Waals surface area contributed by atoms with Crippen LogP contribution in [0.5, 0.6) is 0 Å². The first-order chi connectivity index (χ1) is 12.6. The number of carbonyl (C=O) groups excluding carboxylic acids is 1. The summed E-state index contributed by atoms with van der Waals surface area (Å²) >= 11 is 0. The predicted octanol–water partition coefficient (Wildman–Crippen LogP) is 3.62. The highest BCUT2D eigenvalue weighted by Crippen LogP contribution is 2.31. The topological polar surface area (TPSA) is 66.5 Å². The van der Waals surface area contributed by atoms with Gasteiger partial charge in [-0.2, -0.15) is 0 Å². The molecule has 0 aliphatic heterocycles. The standard InChI is InChI=1S/C21H28N2O3S/c1-6-15-22-27(25,26)21(2,3)19-13-11-17(12-14-19)16-7-9-18(10-8-16)20(24)23(4)5/h7-14,22H,6,15H2,1-5H3. The fourth-order valence-corrected chi connectivity index (χ4v) is 3.98. The van der Waals surface area contributed by atoms with Gasteiger partial charge in [-0.15, -0.1) is 0 Å². The maximum absolute atomic E-state index is 12.6. The number of benzene rings is 2. The zero-order valence-electron chi connectivity index (χ0n) is 16.6. The van der Waals surface area contributed by atoms with E-state index in [1.165, 1.54) is 0 Å². The van der Waals surface area contributed by atoms with Gasteiger partial charge in [0.15, 0.2) is 0 Å². The van der Waals surface area contributed by atoms with Gasteiger partial charge in [0.2, 0.25) is 10.0 Å². The molecule has 0 aliphatic rings. The summed E-state index contributed by atoms with van der Waals surface area (Å²) in [6.07, 6.45) is 0.751. The van der Waals surface area contributed by atoms with Crippen LogP contribution in [0.15, 0.2) is 48.5 Å². The molecule has 0 heterocycles. The van der Waals surface area contributed by atoms with E-state index in [-0.39, 0.29) is 5.91 Å². The molecule has 0 atom stereocenters. The van der Waals surface area contributed by atoms with Gasteiger partial charge in [-0.1, -0.05) is 43.3 Å². The Bertz CT molecular complexity index is 884. The van der Waals surface area contributed by atoms with Gasteiger partial charge in [0.1, 0.15) is 4.75 Å². The van der Waals surface area contributed by atoms with Crippen LogP contribution in [0.25, 0.3) is 11.1 Å². The van der Waals surface area contributed by atoms with Gasteiger partial charge in [-0.3, -0.25) is 4.79 Å². The lowest BCUT2D eigenvalue weighted by molar-refractivity contribution is 0.0827. The molecular formula is C21H28N2O3S. The summed E-state index contributed by atoms with van der Waals surface area (Å²) in [6, 6.07) is 14.9. The Balaban J connectivity index is 2.25. The number of carbonyl (C=O) groups is 1. The van der Waals surface area contributed by atoms with Crippen molar-refractivity contribution < 1.29 is 13.2 Å². The van der Waals surface area contributed by atoms with E-state index in [4.69, 9.17) is 0 Å². The molecule has 0 saturated heterocycles. The average molecular weight is 389 g/mol. The summed E-state index contributed by atoms with van der Waals surface area (Å²) in [5.74, 6) is -0.0385. The van der Waals surface area contributed by atoms with Crippen molar-refractivity contribution in [2.75, 3.05) is 20.6 Å². The lowest BCUT2D eigenvalue weighted by atomic mass is 9.97. The molecule has 2 aromatic carbocycles. The van der Waals surface area contributed by atoms with Gasteiger partial charge in [0.25, 0.3) is 5.91 Å². The number of sulfonamides is 1. The van der Waals surface area contributed by atoms with Gasteiger partial charge in [0, 0.05) is 26.2 Å². The molecule has 0 aromatic heterocycles. The van der Waals surface area contributed by atoms with Crippen LogP contribution in [0.1, 0.15) is 43.1 Å². The summed E-state index contributed by atoms with van der Waals surface area (Å²) in [5, 5.41) is 0. The molecule has 2 rings (SSSR count). The van der Waals surface area contributed by atoms with Crippen LogP contribution >= 0.6 is 0 Å². The molecule has 27 heavy (non-hydrogen) atoms. The van der Waals surface area contributed by atoms with Crippen LogP contribution < -0.4 is 4.72 Å². The third-order valence-corrected chi connectivity index (χ3v) is 6.83. The van der Waals surface area contributed by atoms with E-state index >= 15 is 0 Å². The molecular weight excluding hydrogens is 360 g/mol. The van der Waals surface area contributed by atoms with E-state index in [9.17, 15) is 13.2 Å². The Morgan fingerprint density at radius 2 is 1.44 bits per heavy atom. The molecule has 1 N–H and O–H groups in total. The number of nitrogens with zero attached hydrogens (tertiary/aromatic N) is 1. The summed E-state index contributed by atoms with van der Waals surface area (Å²) in [5.41, 5.74) is 3.31. The van der Waals surface area contributed by atoms with E-state index in [2.05, 4.69) is 4.72 Å². The van der Waals surface area contributed by atoms with Gasteiger partial charge in [-0.05, 0) is 49.1 Å². The van der Waals surface area contributed by atoms with Crippen molar-refractivity contribution in [2.45, 2.75) is 31.9 Å². The monoisotopic (exact) mass is 388 g/mol. The number of nitrogens with one attached hydrogen (secondary N) is 1. The van der Waals surface area contributed by atoms with E-state index < -0.39 is 14.8 Å². The molecule has 146 valence electrons. The molecule has 0 radical (unpaired) electrons. The third-order valence-electron chi connectivity index (χ3n) is 4.67. The highest BCUT2D eigenvalue weighted by Gasteiger charge is 2.35. The van der Waals surface area contributed by atoms with Crippen molar-refractivity contribution in [3.05, 3.63) is 59.7 Å². The molecule has 6 heteroatoms. The van der Waals surface area contributed by atoms with Crippen molar-refractivity contribution in [2.24, 2.45) is 0 Å². The van der Waals surface area contributed by atoms with Gasteiger partial charge in [-0.25, -0.2) is 13.1 Å². The highest BCUT2D eigenvalue weighted by atomic mass is 32.2. The Morgan fingerprint density at radius 1 is 0.963 bits per heavy atom. The first kappa shape index (κ1) is 21.1. The first-order valence-electron chi connectivity index (χ1n) is 9.02. The van der Waals surface area contributed by atoms with Crippen molar-refractivity contribution in [3.8, 4) is 11.1 Å². The SMILES string of the molecule is CCCNS(=O)(=O)C(C)(C)c1ccc(-c2ccc(C(=O)N(C)C)cc2)cc1. The Hall–Kier alpha value is -2.18. The Kier molecular flexibility index (Phi) is 6.44. The molecule has 5 nitrogen and oxygen atoms in total.